The molecule has 2 aromatic carbocycles. The molecule has 0 saturated carbocycles. The zero-order valence-electron chi connectivity index (χ0n) is 24.0. The number of aromatic nitrogens is 1. The molecule has 1 aromatic heterocycles. The van der Waals surface area contributed by atoms with E-state index in [4.69, 9.17) is 4.74 Å². The smallest absolute Gasteiger partial charge is 0.319 e. The summed E-state index contributed by atoms with van der Waals surface area (Å²) in [6.45, 7) is 5.32. The van der Waals surface area contributed by atoms with Gasteiger partial charge >= 0.3 is 12.0 Å². The number of ether oxygens (including phenoxy) is 1. The Labute approximate surface area is 244 Å². The summed E-state index contributed by atoms with van der Waals surface area (Å²) in [5.41, 5.74) is 1.81. The molecule has 0 aliphatic carbocycles. The van der Waals surface area contributed by atoms with Crippen molar-refractivity contribution in [2.75, 3.05) is 38.1 Å². The average molecular weight is 576 g/mol. The van der Waals surface area contributed by atoms with Crippen molar-refractivity contribution < 1.29 is 28.7 Å². The van der Waals surface area contributed by atoms with Gasteiger partial charge in [0.2, 0.25) is 0 Å². The molecular weight excluding hydrogens is 538 g/mol. The van der Waals surface area contributed by atoms with Gasteiger partial charge in [-0.05, 0) is 44.9 Å². The maximum Gasteiger partial charge on any atom is 0.319 e. The van der Waals surface area contributed by atoms with Crippen LogP contribution in [0.15, 0.2) is 54.7 Å². The van der Waals surface area contributed by atoms with E-state index in [2.05, 4.69) is 15.6 Å². The molecule has 0 bridgehead atoms. The molecule has 42 heavy (non-hydrogen) atoms. The number of nitrogens with zero attached hydrogens (tertiary/aromatic N) is 2. The van der Waals surface area contributed by atoms with Crippen LogP contribution in [0.1, 0.15) is 60.2 Å². The molecule has 2 heterocycles. The van der Waals surface area contributed by atoms with Crippen LogP contribution in [-0.4, -0.2) is 83.2 Å². The lowest BCUT2D eigenvalue weighted by atomic mass is 10.1. The van der Waals surface area contributed by atoms with Crippen LogP contribution in [0.3, 0.4) is 0 Å². The number of carbonyl (C=O) groups is 5. The number of amides is 4. The first-order valence-corrected chi connectivity index (χ1v) is 14.3. The van der Waals surface area contributed by atoms with Crippen LogP contribution in [-0.2, 0) is 14.3 Å². The highest BCUT2D eigenvalue weighted by Crippen LogP contribution is 2.27. The molecule has 0 radical (unpaired) electrons. The molecule has 1 saturated heterocycles. The Morgan fingerprint density at radius 3 is 2.50 bits per heavy atom. The monoisotopic (exact) mass is 575 g/mol. The van der Waals surface area contributed by atoms with Gasteiger partial charge in [-0.1, -0.05) is 36.8 Å². The third-order valence-electron chi connectivity index (χ3n) is 7.25. The fourth-order valence-electron chi connectivity index (χ4n) is 5.07. The number of esters is 1. The fourth-order valence-corrected chi connectivity index (χ4v) is 5.07. The predicted octanol–water partition coefficient (Wildman–Crippen LogP) is 3.97. The van der Waals surface area contributed by atoms with E-state index in [1.807, 2.05) is 25.1 Å². The van der Waals surface area contributed by atoms with Crippen molar-refractivity contribution in [2.45, 2.75) is 45.6 Å². The van der Waals surface area contributed by atoms with Gasteiger partial charge in [0.15, 0.2) is 0 Å². The second-order valence-electron chi connectivity index (χ2n) is 10.2. The van der Waals surface area contributed by atoms with Gasteiger partial charge in [0.25, 0.3) is 17.6 Å². The summed E-state index contributed by atoms with van der Waals surface area (Å²) in [5, 5.41) is 6.11. The van der Waals surface area contributed by atoms with Crippen molar-refractivity contribution in [1.82, 2.24) is 20.1 Å². The number of rotatable bonds is 11. The van der Waals surface area contributed by atoms with Gasteiger partial charge in [-0.2, -0.15) is 0 Å². The minimum Gasteiger partial charge on any atom is -0.466 e. The largest absolute Gasteiger partial charge is 0.466 e. The predicted molar refractivity (Wildman–Crippen MR) is 158 cm³/mol. The summed E-state index contributed by atoms with van der Waals surface area (Å²) in [6.07, 6.45) is 4.04. The van der Waals surface area contributed by atoms with Crippen molar-refractivity contribution in [3.8, 4) is 0 Å². The first-order chi connectivity index (χ1) is 20.3. The number of aromatic amines is 1. The van der Waals surface area contributed by atoms with Gasteiger partial charge in [0.1, 0.15) is 0 Å². The highest BCUT2D eigenvalue weighted by Gasteiger charge is 2.34. The van der Waals surface area contributed by atoms with Crippen LogP contribution >= 0.6 is 0 Å². The van der Waals surface area contributed by atoms with E-state index < -0.39 is 17.7 Å². The Bertz CT molecular complexity index is 1440. The van der Waals surface area contributed by atoms with Gasteiger partial charge in [0, 0.05) is 55.8 Å². The number of benzene rings is 2. The van der Waals surface area contributed by atoms with Gasteiger partial charge in [0.05, 0.1) is 23.4 Å². The van der Waals surface area contributed by atoms with Crippen molar-refractivity contribution in [2.24, 2.45) is 0 Å². The summed E-state index contributed by atoms with van der Waals surface area (Å²) in [5.74, 6) is -1.60. The Hall–Kier alpha value is -4.67. The SMILES string of the molecule is CCOC(=O)CCCCCNC(=O)Nc1cccc2c(C(=O)C(=O)N3CCN(C(=O)c4ccccc4)CC3C)c[nH]c12. The fraction of sp³-hybridized carbons (Fsp3) is 0.387. The number of nitrogens with one attached hydrogen (secondary N) is 3. The molecule has 1 aliphatic rings. The molecule has 0 spiro atoms. The Morgan fingerprint density at radius 1 is 0.976 bits per heavy atom. The summed E-state index contributed by atoms with van der Waals surface area (Å²) >= 11 is 0. The molecule has 4 amide bonds. The van der Waals surface area contributed by atoms with Crippen LogP contribution in [0.25, 0.3) is 10.9 Å². The second kappa shape index (κ2) is 14.3. The maximum atomic E-state index is 13.3. The minimum absolute atomic E-state index is 0.101. The molecule has 1 atom stereocenters. The van der Waals surface area contributed by atoms with Gasteiger partial charge in [-0.15, -0.1) is 0 Å². The Kier molecular flexibility index (Phi) is 10.3. The zero-order chi connectivity index (χ0) is 30.1. The maximum absolute atomic E-state index is 13.3. The lowest BCUT2D eigenvalue weighted by Crippen LogP contribution is -2.56. The number of hydrogen-bond acceptors (Lipinski definition) is 6. The molecule has 11 heteroatoms. The highest BCUT2D eigenvalue weighted by atomic mass is 16.5. The van der Waals surface area contributed by atoms with Crippen LogP contribution < -0.4 is 10.6 Å². The normalized spacial score (nSPS) is 14.9. The number of Topliss-reactive ketones (excluding diaryl/α,β-unsaturated/α-hetero) is 1. The minimum atomic E-state index is -0.652. The summed E-state index contributed by atoms with van der Waals surface area (Å²) in [4.78, 5) is 69.5. The number of unbranched alkanes of at least 4 members (excludes halogenated alkanes) is 2. The molecule has 1 unspecified atom stereocenters. The number of anilines is 1. The van der Waals surface area contributed by atoms with Gasteiger partial charge in [-0.3, -0.25) is 19.2 Å². The van der Waals surface area contributed by atoms with Crippen molar-refractivity contribution in [3.05, 3.63) is 65.9 Å². The Balaban J connectivity index is 1.32. The van der Waals surface area contributed by atoms with E-state index >= 15 is 0 Å². The summed E-state index contributed by atoms with van der Waals surface area (Å²) in [7, 11) is 0. The number of para-hydroxylation sites is 1. The molecular formula is C31H37N5O6. The van der Waals surface area contributed by atoms with E-state index in [-0.39, 0.29) is 30.0 Å². The van der Waals surface area contributed by atoms with Crippen molar-refractivity contribution >= 4 is 46.2 Å². The number of hydrogen-bond donors (Lipinski definition) is 3. The van der Waals surface area contributed by atoms with Crippen LogP contribution in [0, 0.1) is 0 Å². The standard InChI is InChI=1S/C31H37N5O6/c1-3-42-26(37)15-8-5-9-16-32-31(41)34-25-14-10-13-23-24(19-33-27(23)25)28(38)30(40)36-18-17-35(20-21(36)2)29(39)22-11-6-4-7-12-22/h4,6-7,10-14,19,21,33H,3,5,8-9,15-18,20H2,1-2H3,(H2,32,34,41). The summed E-state index contributed by atoms with van der Waals surface area (Å²) < 4.78 is 4.90. The van der Waals surface area contributed by atoms with E-state index in [0.717, 1.165) is 6.42 Å². The topological polar surface area (TPSA) is 141 Å². The number of fused-ring (bicyclic) bond motifs is 1. The molecule has 3 N–H and O–H groups in total. The molecule has 3 aromatic rings. The number of ketones is 1. The summed E-state index contributed by atoms with van der Waals surface area (Å²) in [6, 6.07) is 13.4. The van der Waals surface area contributed by atoms with E-state index in [9.17, 15) is 24.0 Å². The first kappa shape index (κ1) is 30.3. The van der Waals surface area contributed by atoms with Crippen LogP contribution in [0.2, 0.25) is 0 Å². The molecule has 4 rings (SSSR count). The third kappa shape index (κ3) is 7.34. The van der Waals surface area contributed by atoms with E-state index in [1.165, 1.54) is 11.1 Å². The van der Waals surface area contributed by atoms with Gasteiger partial charge < -0.3 is 30.2 Å². The number of H-pyrrole nitrogens is 1. The third-order valence-corrected chi connectivity index (χ3v) is 7.25. The number of piperazine rings is 1. The molecule has 222 valence electrons. The molecule has 11 nitrogen and oxygen atoms in total. The second-order valence-corrected chi connectivity index (χ2v) is 10.2. The number of urea groups is 1. The average Bonchev–Trinajstić information content (AvgIpc) is 3.43. The lowest BCUT2D eigenvalue weighted by molar-refractivity contribution is -0.143. The Morgan fingerprint density at radius 2 is 1.76 bits per heavy atom. The van der Waals surface area contributed by atoms with Crippen molar-refractivity contribution in [1.29, 1.82) is 0 Å². The van der Waals surface area contributed by atoms with E-state index in [1.54, 1.807) is 42.2 Å². The van der Waals surface area contributed by atoms with Crippen molar-refractivity contribution in [3.63, 3.8) is 0 Å². The lowest BCUT2D eigenvalue weighted by Gasteiger charge is -2.39. The number of carbonyl (C=O) groups excluding carboxylic acids is 5. The van der Waals surface area contributed by atoms with Crippen LogP contribution in [0.5, 0.6) is 0 Å². The molecule has 1 aliphatic heterocycles. The highest BCUT2D eigenvalue weighted by molar-refractivity contribution is 6.45. The van der Waals surface area contributed by atoms with E-state index in [0.29, 0.717) is 67.7 Å². The first-order valence-electron chi connectivity index (χ1n) is 14.3. The quantitative estimate of drug-likeness (QED) is 0.137. The zero-order valence-corrected chi connectivity index (χ0v) is 24.0. The molecule has 1 fully saturated rings. The van der Waals surface area contributed by atoms with Crippen LogP contribution in [0.4, 0.5) is 10.5 Å². The van der Waals surface area contributed by atoms with Gasteiger partial charge in [-0.25, -0.2) is 4.79 Å².